The lowest BCUT2D eigenvalue weighted by atomic mass is 10.1. The van der Waals surface area contributed by atoms with E-state index in [0.29, 0.717) is 57.5 Å². The van der Waals surface area contributed by atoms with Gasteiger partial charge < -0.3 is 19.6 Å². The average Bonchev–Trinajstić information content (AvgIpc) is 4.15. The molecule has 8 aromatic rings. The molecule has 0 radical (unpaired) electrons. The number of fused-ring (bicyclic) bond motifs is 2. The fraction of sp³-hybridized carbons (Fsp3) is 0.190. The lowest BCUT2D eigenvalue weighted by Crippen LogP contribution is -2.50. The topological polar surface area (TPSA) is 182 Å². The van der Waals surface area contributed by atoms with Crippen LogP contribution in [0.4, 0.5) is 34.4 Å². The molecule has 2 aliphatic heterocycles. The van der Waals surface area contributed by atoms with E-state index in [1.165, 1.54) is 22.7 Å². The van der Waals surface area contributed by atoms with E-state index in [9.17, 15) is 9.59 Å². The van der Waals surface area contributed by atoms with E-state index in [1.54, 1.807) is 61.1 Å². The minimum Gasteiger partial charge on any atom is -0.312 e. The van der Waals surface area contributed by atoms with Gasteiger partial charge in [-0.25, -0.2) is 29.9 Å². The normalized spacial score (nSPS) is 16.0. The first-order valence-corrected chi connectivity index (χ1v) is 21.9. The number of aromatic nitrogens is 10. The van der Waals surface area contributed by atoms with Crippen molar-refractivity contribution >= 4 is 92.1 Å². The van der Waals surface area contributed by atoms with Crippen LogP contribution >= 0.6 is 45.9 Å². The van der Waals surface area contributed by atoms with Crippen molar-refractivity contribution in [1.29, 1.82) is 0 Å². The maximum atomic E-state index is 13.1. The monoisotopic (exact) mass is 902 g/mol. The third-order valence-corrected chi connectivity index (χ3v) is 12.7. The molecule has 2 aliphatic rings. The molecule has 10 rings (SSSR count). The SMILES string of the molecule is CC[C@@H]1C(=O)N(C)c2cnc(-c3cn[nH]c3-c3nccs3)nc2N1c1ccc(Cl)cc1.CC[C@H]1C(=O)N(C)c2cnc(-c3cn[nH]c3-c3nccs3)nc2N1c1ccc(Cl)cc1. The summed E-state index contributed by atoms with van der Waals surface area (Å²) in [5.74, 6) is 2.32. The molecule has 0 saturated heterocycles. The number of aromatic amines is 2. The number of anilines is 6. The van der Waals surface area contributed by atoms with E-state index < -0.39 is 0 Å². The maximum absolute atomic E-state index is 13.1. The minimum atomic E-state index is -0.385. The van der Waals surface area contributed by atoms with Gasteiger partial charge in [0.1, 0.15) is 44.9 Å². The highest BCUT2D eigenvalue weighted by Crippen LogP contribution is 2.43. The van der Waals surface area contributed by atoms with Gasteiger partial charge in [0.05, 0.1) is 35.9 Å². The predicted octanol–water partition coefficient (Wildman–Crippen LogP) is 9.07. The van der Waals surface area contributed by atoms with Gasteiger partial charge in [-0.1, -0.05) is 37.0 Å². The van der Waals surface area contributed by atoms with E-state index in [4.69, 9.17) is 33.2 Å². The zero-order valence-corrected chi connectivity index (χ0v) is 36.7. The number of nitrogens with one attached hydrogen (secondary N) is 2. The Labute approximate surface area is 373 Å². The summed E-state index contributed by atoms with van der Waals surface area (Å²) in [5, 5.41) is 21.0. The Balaban J connectivity index is 0.000000158. The number of nitrogens with zero attached hydrogens (tertiary/aromatic N) is 12. The Bertz CT molecular complexity index is 2670. The van der Waals surface area contributed by atoms with Crippen molar-refractivity contribution in [2.75, 3.05) is 33.7 Å². The number of carbonyl (C=O) groups excluding carboxylic acids is 2. The predicted molar refractivity (Wildman–Crippen MR) is 244 cm³/mol. The van der Waals surface area contributed by atoms with Crippen LogP contribution in [0.2, 0.25) is 10.0 Å². The Kier molecular flexibility index (Phi) is 11.2. The van der Waals surface area contributed by atoms with E-state index in [-0.39, 0.29) is 23.9 Å². The molecule has 62 heavy (non-hydrogen) atoms. The third kappa shape index (κ3) is 7.33. The highest BCUT2D eigenvalue weighted by atomic mass is 35.5. The molecule has 0 saturated carbocycles. The number of H-pyrrole nitrogens is 2. The number of amides is 2. The average molecular weight is 904 g/mol. The number of carbonyl (C=O) groups is 2. The molecular formula is C42H36Cl2N14O2S2. The molecule has 0 unspecified atom stereocenters. The van der Waals surface area contributed by atoms with Crippen LogP contribution in [-0.2, 0) is 9.59 Å². The molecule has 312 valence electrons. The van der Waals surface area contributed by atoms with Crippen LogP contribution in [0, 0.1) is 0 Å². The highest BCUT2D eigenvalue weighted by Gasteiger charge is 2.40. The van der Waals surface area contributed by atoms with Gasteiger partial charge in [-0.3, -0.25) is 19.8 Å². The van der Waals surface area contributed by atoms with Gasteiger partial charge in [0.2, 0.25) is 11.8 Å². The van der Waals surface area contributed by atoms with Crippen LogP contribution in [0.5, 0.6) is 0 Å². The van der Waals surface area contributed by atoms with Crippen LogP contribution in [0.3, 0.4) is 0 Å². The number of likely N-dealkylation sites (N-methyl/N-ethyl adjacent to an activating group) is 2. The number of hydrogen-bond acceptors (Lipinski definition) is 14. The molecule has 16 nitrogen and oxygen atoms in total. The van der Waals surface area contributed by atoms with Crippen molar-refractivity contribution in [3.8, 4) is 44.2 Å². The highest BCUT2D eigenvalue weighted by molar-refractivity contribution is 7.13. The fourth-order valence-corrected chi connectivity index (χ4v) is 9.02. The molecule has 0 bridgehead atoms. The first kappa shape index (κ1) is 40.8. The van der Waals surface area contributed by atoms with E-state index in [0.717, 1.165) is 43.9 Å². The number of halogens is 2. The van der Waals surface area contributed by atoms with Gasteiger partial charge in [-0.2, -0.15) is 10.2 Å². The minimum absolute atomic E-state index is 0.00640. The Hall–Kier alpha value is -6.60. The van der Waals surface area contributed by atoms with Crippen molar-refractivity contribution in [2.45, 2.75) is 38.8 Å². The smallest absolute Gasteiger partial charge is 0.250 e. The second-order valence-corrected chi connectivity index (χ2v) is 16.8. The summed E-state index contributed by atoms with van der Waals surface area (Å²) >= 11 is 15.2. The van der Waals surface area contributed by atoms with Gasteiger partial charge in [0.25, 0.3) is 0 Å². The molecule has 2 amide bonds. The first-order valence-electron chi connectivity index (χ1n) is 19.4. The molecular weight excluding hydrogens is 868 g/mol. The summed E-state index contributed by atoms with van der Waals surface area (Å²) in [5.41, 5.74) is 6.01. The van der Waals surface area contributed by atoms with Gasteiger partial charge in [0, 0.05) is 58.7 Å². The van der Waals surface area contributed by atoms with Crippen LogP contribution in [0.25, 0.3) is 44.2 Å². The molecule has 0 spiro atoms. The molecule has 2 atom stereocenters. The summed E-state index contributed by atoms with van der Waals surface area (Å²) in [6, 6.07) is 14.1. The molecule has 6 aromatic heterocycles. The summed E-state index contributed by atoms with van der Waals surface area (Å²) in [6.45, 7) is 3.98. The lowest BCUT2D eigenvalue weighted by molar-refractivity contribution is -0.120. The van der Waals surface area contributed by atoms with Gasteiger partial charge in [0.15, 0.2) is 23.3 Å². The molecule has 0 aliphatic carbocycles. The summed E-state index contributed by atoms with van der Waals surface area (Å²) < 4.78 is 0. The maximum Gasteiger partial charge on any atom is 0.250 e. The van der Waals surface area contributed by atoms with Crippen LogP contribution < -0.4 is 19.6 Å². The van der Waals surface area contributed by atoms with Crippen molar-refractivity contribution < 1.29 is 9.59 Å². The van der Waals surface area contributed by atoms with E-state index >= 15 is 0 Å². The Morgan fingerprint density at radius 3 is 1.35 bits per heavy atom. The number of hydrogen-bond donors (Lipinski definition) is 2. The second kappa shape index (κ2) is 17.0. The summed E-state index contributed by atoms with van der Waals surface area (Å²) in [4.78, 5) is 60.9. The number of benzene rings is 2. The molecule has 20 heteroatoms. The van der Waals surface area contributed by atoms with Crippen molar-refractivity contribution in [2.24, 2.45) is 0 Å². The number of rotatable bonds is 8. The van der Waals surface area contributed by atoms with Gasteiger partial charge in [-0.15, -0.1) is 22.7 Å². The fourth-order valence-electron chi connectivity index (χ4n) is 7.47. The summed E-state index contributed by atoms with van der Waals surface area (Å²) in [6.07, 6.45) is 11.5. The third-order valence-electron chi connectivity index (χ3n) is 10.6. The van der Waals surface area contributed by atoms with Crippen molar-refractivity contribution in [1.82, 2.24) is 50.3 Å². The standard InChI is InChI=1S/2C21H18ClN7OS/c2*1-3-15-21(30)28(2)16-11-24-18(14-10-25-27-17(14)20-23-8-9-31-20)26-19(16)29(15)13-6-4-12(22)5-7-13/h2*4-11,15H,3H2,1-2H3,(H,25,27)/t2*15-/m10/s1. The molecule has 8 heterocycles. The second-order valence-electron chi connectivity index (χ2n) is 14.1. The zero-order valence-electron chi connectivity index (χ0n) is 33.6. The quantitative estimate of drug-likeness (QED) is 0.148. The van der Waals surface area contributed by atoms with E-state index in [1.807, 2.05) is 82.9 Å². The summed E-state index contributed by atoms with van der Waals surface area (Å²) in [7, 11) is 3.51. The van der Waals surface area contributed by atoms with E-state index in [2.05, 4.69) is 40.3 Å². The zero-order chi connectivity index (χ0) is 43.1. The number of thiazole rings is 2. The van der Waals surface area contributed by atoms with Crippen LogP contribution in [0.1, 0.15) is 26.7 Å². The lowest BCUT2D eigenvalue weighted by Gasteiger charge is -2.40. The van der Waals surface area contributed by atoms with Crippen LogP contribution in [-0.4, -0.2) is 88.3 Å². The Morgan fingerprint density at radius 2 is 1.00 bits per heavy atom. The van der Waals surface area contributed by atoms with Gasteiger partial charge >= 0.3 is 0 Å². The first-order chi connectivity index (χ1) is 30.2. The molecule has 0 fully saturated rings. The Morgan fingerprint density at radius 1 is 0.597 bits per heavy atom. The largest absolute Gasteiger partial charge is 0.312 e. The van der Waals surface area contributed by atoms with Crippen LogP contribution in [0.15, 0.2) is 96.5 Å². The molecule has 2 N–H and O–H groups in total. The van der Waals surface area contributed by atoms with Crippen molar-refractivity contribution in [3.63, 3.8) is 0 Å². The molecule has 2 aromatic carbocycles. The van der Waals surface area contributed by atoms with Crippen molar-refractivity contribution in [3.05, 3.63) is 107 Å². The van der Waals surface area contributed by atoms with Gasteiger partial charge in [-0.05, 0) is 61.4 Å².